The average molecular weight is 382 g/mol. The number of thioether (sulfide) groups is 1. The highest BCUT2D eigenvalue weighted by Gasteiger charge is 2.22. The van der Waals surface area contributed by atoms with Gasteiger partial charge in [-0.25, -0.2) is 0 Å². The fourth-order valence-corrected chi connectivity index (χ4v) is 3.44. The van der Waals surface area contributed by atoms with Crippen LogP contribution >= 0.6 is 11.8 Å². The Morgan fingerprint density at radius 2 is 1.74 bits per heavy atom. The van der Waals surface area contributed by atoms with Crippen molar-refractivity contribution < 1.29 is 9.21 Å². The van der Waals surface area contributed by atoms with Gasteiger partial charge >= 0.3 is 0 Å². The van der Waals surface area contributed by atoms with Gasteiger partial charge in [-0.15, -0.1) is 10.2 Å². The van der Waals surface area contributed by atoms with Gasteiger partial charge in [-0.1, -0.05) is 73.6 Å². The summed E-state index contributed by atoms with van der Waals surface area (Å²) in [6.07, 6.45) is 1.89. The second-order valence-electron chi connectivity index (χ2n) is 6.26. The molecule has 3 rings (SSSR count). The highest BCUT2D eigenvalue weighted by atomic mass is 32.2. The van der Waals surface area contributed by atoms with Crippen molar-refractivity contribution in [2.75, 3.05) is 0 Å². The van der Waals surface area contributed by atoms with Gasteiger partial charge in [-0.2, -0.15) is 0 Å². The Kier molecular flexibility index (Phi) is 6.65. The van der Waals surface area contributed by atoms with Crippen LogP contribution in [0, 0.1) is 0 Å². The molecule has 0 fully saturated rings. The van der Waals surface area contributed by atoms with E-state index in [1.54, 1.807) is 0 Å². The Labute approximate surface area is 163 Å². The molecular formula is C21H23N3O2S. The maximum atomic E-state index is 12.7. The van der Waals surface area contributed by atoms with Gasteiger partial charge in [0.15, 0.2) is 0 Å². The molecule has 140 valence electrons. The number of nitrogens with zero attached hydrogens (tertiary/aromatic N) is 2. The minimum absolute atomic E-state index is 0.00862. The van der Waals surface area contributed by atoms with Crippen molar-refractivity contribution >= 4 is 17.7 Å². The second-order valence-corrected chi connectivity index (χ2v) is 7.55. The normalized spacial score (nSPS) is 13.1. The molecule has 27 heavy (non-hydrogen) atoms. The largest absolute Gasteiger partial charge is 0.411 e. The summed E-state index contributed by atoms with van der Waals surface area (Å²) >= 11 is 1.27. The van der Waals surface area contributed by atoms with Crippen molar-refractivity contribution in [2.24, 2.45) is 0 Å². The summed E-state index contributed by atoms with van der Waals surface area (Å²) in [5.41, 5.74) is 1.98. The van der Waals surface area contributed by atoms with Crippen LogP contribution in [0.4, 0.5) is 0 Å². The Hall–Kier alpha value is -2.60. The predicted molar refractivity (Wildman–Crippen MR) is 107 cm³/mol. The first-order chi connectivity index (χ1) is 13.2. The molecule has 0 saturated heterocycles. The first-order valence-corrected chi connectivity index (χ1v) is 9.96. The highest BCUT2D eigenvalue weighted by molar-refractivity contribution is 8.00. The number of carbonyl (C=O) groups excluding carboxylic acids is 1. The van der Waals surface area contributed by atoms with Crippen molar-refractivity contribution in [1.82, 2.24) is 15.5 Å². The quantitative estimate of drug-likeness (QED) is 0.564. The first-order valence-electron chi connectivity index (χ1n) is 9.08. The van der Waals surface area contributed by atoms with E-state index in [2.05, 4.69) is 22.4 Å². The number of rotatable bonds is 8. The van der Waals surface area contributed by atoms with E-state index in [1.165, 1.54) is 11.8 Å². The van der Waals surface area contributed by atoms with Crippen molar-refractivity contribution in [2.45, 2.75) is 43.2 Å². The smallest absolute Gasteiger partial charge is 0.277 e. The van der Waals surface area contributed by atoms with E-state index in [4.69, 9.17) is 4.42 Å². The minimum Gasteiger partial charge on any atom is -0.411 e. The SMILES string of the molecule is CCCC(NC(=O)C(C)Sc1nnc(-c2ccccc2)o1)c1ccccc1. The molecular weight excluding hydrogens is 358 g/mol. The van der Waals surface area contributed by atoms with E-state index in [1.807, 2.05) is 67.6 Å². The fourth-order valence-electron chi connectivity index (χ4n) is 2.74. The molecule has 2 unspecified atom stereocenters. The van der Waals surface area contributed by atoms with Crippen molar-refractivity contribution in [3.63, 3.8) is 0 Å². The Morgan fingerprint density at radius 1 is 1.07 bits per heavy atom. The first kappa shape index (κ1) is 19.2. The van der Waals surface area contributed by atoms with E-state index >= 15 is 0 Å². The van der Waals surface area contributed by atoms with Crippen LogP contribution in [0.2, 0.25) is 0 Å². The summed E-state index contributed by atoms with van der Waals surface area (Å²) in [7, 11) is 0. The van der Waals surface area contributed by atoms with Crippen molar-refractivity contribution in [3.8, 4) is 11.5 Å². The Balaban J connectivity index is 1.62. The van der Waals surface area contributed by atoms with Crippen LogP contribution in [0.3, 0.4) is 0 Å². The standard InChI is InChI=1S/C21H23N3O2S/c1-3-10-18(16-11-6-4-7-12-16)22-19(25)15(2)27-21-24-23-20(26-21)17-13-8-5-9-14-17/h4-9,11-15,18H,3,10H2,1-2H3,(H,22,25). The number of hydrogen-bond donors (Lipinski definition) is 1. The summed E-state index contributed by atoms with van der Waals surface area (Å²) in [4.78, 5) is 12.7. The third-order valence-corrected chi connectivity index (χ3v) is 5.10. The van der Waals surface area contributed by atoms with Crippen molar-refractivity contribution in [1.29, 1.82) is 0 Å². The molecule has 6 heteroatoms. The van der Waals surface area contributed by atoms with Crippen LogP contribution < -0.4 is 5.32 Å². The topological polar surface area (TPSA) is 68.0 Å². The van der Waals surface area contributed by atoms with Crippen LogP contribution in [-0.4, -0.2) is 21.4 Å². The van der Waals surface area contributed by atoms with E-state index in [9.17, 15) is 4.79 Å². The molecule has 0 spiro atoms. The third kappa shape index (κ3) is 5.20. The van der Waals surface area contributed by atoms with E-state index in [0.717, 1.165) is 24.0 Å². The lowest BCUT2D eigenvalue weighted by atomic mass is 10.0. The van der Waals surface area contributed by atoms with Gasteiger partial charge in [0, 0.05) is 5.56 Å². The molecule has 1 N–H and O–H groups in total. The van der Waals surface area contributed by atoms with Gasteiger partial charge in [0.25, 0.3) is 5.22 Å². The van der Waals surface area contributed by atoms with Gasteiger partial charge < -0.3 is 9.73 Å². The summed E-state index contributed by atoms with van der Waals surface area (Å²) in [5, 5.41) is 11.3. The predicted octanol–water partition coefficient (Wildman–Crippen LogP) is 4.87. The molecule has 0 aliphatic rings. The van der Waals surface area contributed by atoms with E-state index in [0.29, 0.717) is 11.1 Å². The summed E-state index contributed by atoms with van der Waals surface area (Å²) in [6, 6.07) is 19.6. The molecule has 5 nitrogen and oxygen atoms in total. The molecule has 0 saturated carbocycles. The highest BCUT2D eigenvalue weighted by Crippen LogP contribution is 2.27. The van der Waals surface area contributed by atoms with Crippen LogP contribution in [-0.2, 0) is 4.79 Å². The van der Waals surface area contributed by atoms with Gasteiger partial charge in [0.1, 0.15) is 0 Å². The lowest BCUT2D eigenvalue weighted by molar-refractivity contribution is -0.121. The molecule has 0 bridgehead atoms. The molecule has 1 heterocycles. The lowest BCUT2D eigenvalue weighted by Gasteiger charge is -2.20. The zero-order valence-corrected chi connectivity index (χ0v) is 16.3. The third-order valence-electron chi connectivity index (χ3n) is 4.17. The number of hydrogen-bond acceptors (Lipinski definition) is 5. The second kappa shape index (κ2) is 9.37. The van der Waals surface area contributed by atoms with Gasteiger partial charge in [-0.05, 0) is 31.0 Å². The molecule has 0 aliphatic heterocycles. The zero-order valence-electron chi connectivity index (χ0n) is 15.5. The number of benzene rings is 2. The number of amides is 1. The summed E-state index contributed by atoms with van der Waals surface area (Å²) in [5.74, 6) is 0.417. The Bertz CT molecular complexity index is 852. The molecule has 3 aromatic rings. The van der Waals surface area contributed by atoms with E-state index in [-0.39, 0.29) is 17.2 Å². The molecule has 0 aliphatic carbocycles. The van der Waals surface area contributed by atoms with Crippen LogP contribution in [0.5, 0.6) is 0 Å². The minimum atomic E-state index is -0.336. The zero-order chi connectivity index (χ0) is 19.1. The molecule has 2 aromatic carbocycles. The molecule has 2 atom stereocenters. The molecule has 1 amide bonds. The van der Waals surface area contributed by atoms with Crippen LogP contribution in [0.1, 0.15) is 38.3 Å². The fraction of sp³-hybridized carbons (Fsp3) is 0.286. The van der Waals surface area contributed by atoms with Gasteiger partial charge in [0.2, 0.25) is 11.8 Å². The number of nitrogens with one attached hydrogen (secondary N) is 1. The van der Waals surface area contributed by atoms with Crippen LogP contribution in [0.25, 0.3) is 11.5 Å². The summed E-state index contributed by atoms with van der Waals surface area (Å²) in [6.45, 7) is 3.96. The van der Waals surface area contributed by atoms with Gasteiger partial charge in [0.05, 0.1) is 11.3 Å². The molecule has 1 aromatic heterocycles. The van der Waals surface area contributed by atoms with Crippen LogP contribution in [0.15, 0.2) is 70.3 Å². The molecule has 0 radical (unpaired) electrons. The number of carbonyl (C=O) groups is 1. The maximum Gasteiger partial charge on any atom is 0.277 e. The van der Waals surface area contributed by atoms with Crippen molar-refractivity contribution in [3.05, 3.63) is 66.2 Å². The average Bonchev–Trinajstić information content (AvgIpc) is 3.17. The maximum absolute atomic E-state index is 12.7. The number of aromatic nitrogens is 2. The van der Waals surface area contributed by atoms with Gasteiger partial charge in [-0.3, -0.25) is 4.79 Å². The lowest BCUT2D eigenvalue weighted by Crippen LogP contribution is -2.34. The monoisotopic (exact) mass is 381 g/mol. The summed E-state index contributed by atoms with van der Waals surface area (Å²) < 4.78 is 5.69. The van der Waals surface area contributed by atoms with E-state index < -0.39 is 0 Å². The Morgan fingerprint density at radius 3 is 2.41 bits per heavy atom.